The van der Waals surface area contributed by atoms with Crippen LogP contribution in [-0.2, 0) is 19.1 Å². The van der Waals surface area contributed by atoms with Crippen molar-refractivity contribution >= 4 is 45.5 Å². The molecule has 3 unspecified atom stereocenters. The lowest BCUT2D eigenvalue weighted by Gasteiger charge is -2.41. The molecule has 2 amide bonds. The summed E-state index contributed by atoms with van der Waals surface area (Å²) < 4.78 is 4.80. The van der Waals surface area contributed by atoms with Gasteiger partial charge in [0.1, 0.15) is 6.04 Å². The van der Waals surface area contributed by atoms with Gasteiger partial charge in [-0.15, -0.1) is 24.9 Å². The van der Waals surface area contributed by atoms with Crippen molar-refractivity contribution in [2.45, 2.75) is 73.4 Å². The highest BCUT2D eigenvalue weighted by molar-refractivity contribution is 9.09. The van der Waals surface area contributed by atoms with Crippen molar-refractivity contribution in [2.24, 2.45) is 17.8 Å². The topological polar surface area (TPSA) is 87.1 Å². The minimum absolute atomic E-state index is 0.0149. The van der Waals surface area contributed by atoms with Gasteiger partial charge in [-0.25, -0.2) is 0 Å². The van der Waals surface area contributed by atoms with Crippen LogP contribution in [0.5, 0.6) is 0 Å². The zero-order chi connectivity index (χ0) is 25.9. The number of aliphatic hydroxyl groups excluding tert-OH is 1. The summed E-state index contributed by atoms with van der Waals surface area (Å²) >= 11 is 5.35. The Bertz CT molecular complexity index is 839. The Balaban J connectivity index is 2.07. The molecule has 3 aliphatic rings. The molecule has 3 aliphatic heterocycles. The van der Waals surface area contributed by atoms with E-state index in [1.807, 2.05) is 13.8 Å². The molecular formula is C26H39BrN2O5S. The van der Waals surface area contributed by atoms with Gasteiger partial charge >= 0.3 is 5.97 Å². The summed E-state index contributed by atoms with van der Waals surface area (Å²) in [5.41, 5.74) is 0. The molecule has 0 radical (unpaired) electrons. The summed E-state index contributed by atoms with van der Waals surface area (Å²) in [5, 5.41) is 10.2. The highest BCUT2D eigenvalue weighted by Gasteiger charge is 2.76. The summed E-state index contributed by atoms with van der Waals surface area (Å²) in [7, 11) is 0. The van der Waals surface area contributed by atoms with Gasteiger partial charge in [-0.3, -0.25) is 14.4 Å². The lowest BCUT2D eigenvalue weighted by atomic mass is 9.71. The molecule has 0 aromatic heterocycles. The Labute approximate surface area is 221 Å². The lowest BCUT2D eigenvalue weighted by Crippen LogP contribution is -2.58. The molecule has 3 heterocycles. The van der Waals surface area contributed by atoms with Crippen LogP contribution >= 0.6 is 27.7 Å². The second kappa shape index (κ2) is 11.8. The van der Waals surface area contributed by atoms with Gasteiger partial charge in [0.15, 0.2) is 0 Å². The normalized spacial score (nSPS) is 32.0. The molecule has 1 N–H and O–H groups in total. The van der Waals surface area contributed by atoms with Gasteiger partial charge in [0.2, 0.25) is 11.8 Å². The number of hydrogen-bond donors (Lipinski definition) is 1. The molecule has 3 saturated heterocycles. The minimum Gasteiger partial charge on any atom is -0.465 e. The summed E-state index contributed by atoms with van der Waals surface area (Å²) in [6.07, 6.45) is 6.33. The predicted molar refractivity (Wildman–Crippen MR) is 142 cm³/mol. The first kappa shape index (κ1) is 28.3. The fourth-order valence-corrected chi connectivity index (χ4v) is 9.48. The zero-order valence-corrected chi connectivity index (χ0v) is 23.4. The number of rotatable bonds is 13. The Morgan fingerprint density at radius 3 is 2.66 bits per heavy atom. The zero-order valence-electron chi connectivity index (χ0n) is 21.0. The maximum Gasteiger partial charge on any atom is 0.310 e. The smallest absolute Gasteiger partial charge is 0.310 e. The lowest BCUT2D eigenvalue weighted by molar-refractivity contribution is -0.154. The van der Waals surface area contributed by atoms with E-state index in [-0.39, 0.29) is 47.0 Å². The molecule has 0 aromatic rings. The van der Waals surface area contributed by atoms with E-state index in [0.29, 0.717) is 25.9 Å². The van der Waals surface area contributed by atoms with Crippen LogP contribution in [0.2, 0.25) is 0 Å². The van der Waals surface area contributed by atoms with Crippen LogP contribution < -0.4 is 0 Å². The highest BCUT2D eigenvalue weighted by Crippen LogP contribution is 2.68. The number of amides is 2. The van der Waals surface area contributed by atoms with Crippen molar-refractivity contribution in [3.8, 4) is 0 Å². The summed E-state index contributed by atoms with van der Waals surface area (Å²) in [6, 6.07) is -1.27. The quantitative estimate of drug-likeness (QED) is 0.158. The third-order valence-corrected chi connectivity index (χ3v) is 10.8. The van der Waals surface area contributed by atoms with E-state index >= 15 is 0 Å². The van der Waals surface area contributed by atoms with E-state index in [9.17, 15) is 19.5 Å². The standard InChI is InChI=1S/C26H39BrN2O5S/c1-6-9-12-28(11-8-3)24(32)22-26-14-17(27)21(35-26)19(25(33)34-13-10-7-2)20(26)23(31)29(22)18(15-30)16(4)5/h7-8,16-22,30H,2-3,6,9-15H2,1,4-5H3/t17?,18-,19-,20-,21-,22?,26?/m0/s1. The van der Waals surface area contributed by atoms with E-state index in [4.69, 9.17) is 4.74 Å². The number of alkyl halides is 1. The van der Waals surface area contributed by atoms with E-state index in [2.05, 4.69) is 36.0 Å². The number of ether oxygens (including phenoxy) is 1. The van der Waals surface area contributed by atoms with E-state index in [1.165, 1.54) is 0 Å². The Morgan fingerprint density at radius 2 is 2.09 bits per heavy atom. The van der Waals surface area contributed by atoms with Gasteiger partial charge in [-0.05, 0) is 25.2 Å². The second-order valence-corrected chi connectivity index (χ2v) is 12.8. The molecular weight excluding hydrogens is 532 g/mol. The number of carbonyl (C=O) groups excluding carboxylic acids is 3. The van der Waals surface area contributed by atoms with Crippen LogP contribution in [-0.4, -0.2) is 85.9 Å². The molecule has 0 saturated carbocycles. The number of nitrogens with zero attached hydrogens (tertiary/aromatic N) is 2. The number of esters is 1. The van der Waals surface area contributed by atoms with Crippen LogP contribution in [0.1, 0.15) is 46.5 Å². The molecule has 7 nitrogen and oxygen atoms in total. The van der Waals surface area contributed by atoms with Gasteiger partial charge in [0.05, 0.1) is 35.8 Å². The number of aliphatic hydroxyl groups is 1. The van der Waals surface area contributed by atoms with Crippen LogP contribution in [0.15, 0.2) is 25.3 Å². The molecule has 7 atom stereocenters. The van der Waals surface area contributed by atoms with Crippen molar-refractivity contribution in [3.63, 3.8) is 0 Å². The minimum atomic E-state index is -0.752. The van der Waals surface area contributed by atoms with Crippen molar-refractivity contribution in [2.75, 3.05) is 26.3 Å². The van der Waals surface area contributed by atoms with Gasteiger partial charge in [0, 0.05) is 23.2 Å². The number of carbonyl (C=O) groups is 3. The van der Waals surface area contributed by atoms with E-state index < -0.39 is 28.7 Å². The second-order valence-electron chi connectivity index (χ2n) is 10.1. The van der Waals surface area contributed by atoms with Crippen molar-refractivity contribution < 1.29 is 24.2 Å². The average Bonchev–Trinajstić information content (AvgIpc) is 3.40. The first-order valence-electron chi connectivity index (χ1n) is 12.6. The van der Waals surface area contributed by atoms with Crippen LogP contribution in [0.3, 0.4) is 0 Å². The molecule has 3 rings (SSSR count). The third kappa shape index (κ3) is 4.97. The van der Waals surface area contributed by atoms with Gasteiger partial charge < -0.3 is 19.6 Å². The van der Waals surface area contributed by atoms with E-state index in [1.54, 1.807) is 33.7 Å². The molecule has 2 bridgehead atoms. The number of halogens is 1. The predicted octanol–water partition coefficient (Wildman–Crippen LogP) is 3.40. The molecule has 1 spiro atoms. The number of fused-ring (bicyclic) bond motifs is 1. The van der Waals surface area contributed by atoms with Crippen LogP contribution in [0.4, 0.5) is 0 Å². The SMILES string of the molecule is C=CCCOC(=O)[C@H]1[C@H]2C(=O)N([C@@H](CO)C(C)C)C(C(=O)N(CC=C)CCCC)C23CC(Br)[C@@H]1S3. The van der Waals surface area contributed by atoms with Crippen LogP contribution in [0, 0.1) is 17.8 Å². The number of unbranched alkanes of at least 4 members (excludes halogenated alkanes) is 1. The Hall–Kier alpha value is -1.32. The average molecular weight is 572 g/mol. The molecule has 9 heteroatoms. The first-order valence-corrected chi connectivity index (χ1v) is 14.4. The van der Waals surface area contributed by atoms with Gasteiger partial charge in [-0.1, -0.05) is 55.3 Å². The van der Waals surface area contributed by atoms with Gasteiger partial charge in [-0.2, -0.15) is 0 Å². The third-order valence-electron chi connectivity index (χ3n) is 7.56. The first-order chi connectivity index (χ1) is 16.7. The summed E-state index contributed by atoms with van der Waals surface area (Å²) in [6.45, 7) is 14.4. The number of hydrogen-bond acceptors (Lipinski definition) is 6. The van der Waals surface area contributed by atoms with Crippen LogP contribution in [0.25, 0.3) is 0 Å². The van der Waals surface area contributed by atoms with Crippen molar-refractivity contribution in [3.05, 3.63) is 25.3 Å². The number of likely N-dealkylation sites (tertiary alicyclic amines) is 1. The monoisotopic (exact) mass is 570 g/mol. The molecule has 196 valence electrons. The Morgan fingerprint density at radius 1 is 1.37 bits per heavy atom. The summed E-state index contributed by atoms with van der Waals surface area (Å²) in [4.78, 5) is 45.0. The highest BCUT2D eigenvalue weighted by atomic mass is 79.9. The summed E-state index contributed by atoms with van der Waals surface area (Å²) in [5.74, 6) is -2.07. The van der Waals surface area contributed by atoms with Crippen molar-refractivity contribution in [1.82, 2.24) is 9.80 Å². The van der Waals surface area contributed by atoms with Crippen molar-refractivity contribution in [1.29, 1.82) is 0 Å². The fourth-order valence-electron chi connectivity index (χ4n) is 5.90. The maximum absolute atomic E-state index is 14.2. The fraction of sp³-hybridized carbons (Fsp3) is 0.731. The molecule has 0 aromatic carbocycles. The maximum atomic E-state index is 14.2. The van der Waals surface area contributed by atoms with Gasteiger partial charge in [0.25, 0.3) is 0 Å². The number of thioether (sulfide) groups is 1. The Kier molecular flexibility index (Phi) is 9.54. The molecule has 0 aliphatic carbocycles. The van der Waals surface area contributed by atoms with E-state index in [0.717, 1.165) is 12.8 Å². The molecule has 35 heavy (non-hydrogen) atoms. The largest absolute Gasteiger partial charge is 0.465 e. The molecule has 3 fully saturated rings.